The van der Waals surface area contributed by atoms with Gasteiger partial charge < -0.3 is 5.32 Å². The molecule has 0 bridgehead atoms. The standard InChI is InChI=1S/C10H8Cl2FNO/c11-10(12)5-8(10)9(15)14-7-3-1-6(13)2-4-7/h1-4,8H,5H2,(H,14,15)/t8-/m1/s1. The van der Waals surface area contributed by atoms with Crippen molar-refractivity contribution in [2.75, 3.05) is 5.32 Å². The van der Waals surface area contributed by atoms with E-state index in [0.29, 0.717) is 12.1 Å². The number of carbonyl (C=O) groups excluding carboxylic acids is 1. The normalized spacial score (nSPS) is 22.2. The molecule has 1 atom stereocenters. The van der Waals surface area contributed by atoms with E-state index < -0.39 is 4.33 Å². The van der Waals surface area contributed by atoms with Crippen LogP contribution in [0.3, 0.4) is 0 Å². The van der Waals surface area contributed by atoms with E-state index in [9.17, 15) is 9.18 Å². The average Bonchev–Trinajstić information content (AvgIpc) is 2.79. The van der Waals surface area contributed by atoms with E-state index >= 15 is 0 Å². The summed E-state index contributed by atoms with van der Waals surface area (Å²) in [6, 6.07) is 5.52. The van der Waals surface area contributed by atoms with Gasteiger partial charge >= 0.3 is 0 Å². The Balaban J connectivity index is 1.98. The predicted molar refractivity (Wildman–Crippen MR) is 57.6 cm³/mol. The van der Waals surface area contributed by atoms with Gasteiger partial charge in [-0.2, -0.15) is 0 Å². The van der Waals surface area contributed by atoms with E-state index in [1.807, 2.05) is 0 Å². The van der Waals surface area contributed by atoms with Gasteiger partial charge in [-0.1, -0.05) is 0 Å². The van der Waals surface area contributed by atoms with Crippen molar-refractivity contribution in [1.29, 1.82) is 0 Å². The van der Waals surface area contributed by atoms with Gasteiger partial charge in [-0.15, -0.1) is 23.2 Å². The number of nitrogens with one attached hydrogen (secondary N) is 1. The van der Waals surface area contributed by atoms with Crippen LogP contribution >= 0.6 is 23.2 Å². The summed E-state index contributed by atoms with van der Waals surface area (Å²) in [5.74, 6) is -0.944. The van der Waals surface area contributed by atoms with Crippen molar-refractivity contribution in [3.8, 4) is 0 Å². The van der Waals surface area contributed by atoms with Crippen LogP contribution in [0.4, 0.5) is 10.1 Å². The summed E-state index contributed by atoms with van der Waals surface area (Å²) in [6.07, 6.45) is 0.461. The molecule has 0 aliphatic heterocycles. The minimum atomic E-state index is -0.926. The third kappa shape index (κ3) is 2.41. The predicted octanol–water partition coefficient (Wildman–Crippen LogP) is 2.96. The lowest BCUT2D eigenvalue weighted by molar-refractivity contribution is -0.117. The Morgan fingerprint density at radius 2 is 1.93 bits per heavy atom. The molecule has 1 N–H and O–H groups in total. The molecule has 0 saturated heterocycles. The molecular formula is C10H8Cl2FNO. The summed E-state index contributed by atoms with van der Waals surface area (Å²) in [7, 11) is 0. The van der Waals surface area contributed by atoms with Crippen molar-refractivity contribution in [3.05, 3.63) is 30.1 Å². The zero-order valence-electron chi connectivity index (χ0n) is 7.64. The quantitative estimate of drug-likeness (QED) is 0.801. The van der Waals surface area contributed by atoms with E-state index in [1.54, 1.807) is 0 Å². The molecule has 80 valence electrons. The summed E-state index contributed by atoms with van der Waals surface area (Å²) in [4.78, 5) is 11.5. The molecule has 1 aliphatic rings. The van der Waals surface area contributed by atoms with Gasteiger partial charge in [0, 0.05) is 5.69 Å². The second-order valence-corrected chi connectivity index (χ2v) is 5.06. The van der Waals surface area contributed by atoms with Crippen LogP contribution in [0.2, 0.25) is 0 Å². The molecule has 1 fully saturated rings. The number of rotatable bonds is 2. The van der Waals surface area contributed by atoms with Crippen LogP contribution in [0.1, 0.15) is 6.42 Å². The van der Waals surface area contributed by atoms with Crippen LogP contribution in [0.15, 0.2) is 24.3 Å². The first-order chi connectivity index (χ1) is 6.99. The van der Waals surface area contributed by atoms with Crippen LogP contribution in [-0.2, 0) is 4.79 Å². The highest BCUT2D eigenvalue weighted by Crippen LogP contribution is 2.53. The van der Waals surface area contributed by atoms with E-state index in [0.717, 1.165) is 0 Å². The monoisotopic (exact) mass is 247 g/mol. The number of anilines is 1. The van der Waals surface area contributed by atoms with Gasteiger partial charge in [-0.05, 0) is 30.7 Å². The Bertz CT molecular complexity index is 391. The lowest BCUT2D eigenvalue weighted by Gasteiger charge is -2.04. The Kier molecular flexibility index (Phi) is 2.61. The van der Waals surface area contributed by atoms with E-state index in [1.165, 1.54) is 24.3 Å². The molecule has 1 aromatic carbocycles. The number of hydrogen-bond acceptors (Lipinski definition) is 1. The molecule has 0 unspecified atom stereocenters. The maximum absolute atomic E-state index is 12.6. The number of benzene rings is 1. The van der Waals surface area contributed by atoms with E-state index in [-0.39, 0.29) is 17.6 Å². The molecule has 2 nitrogen and oxygen atoms in total. The van der Waals surface area contributed by atoms with Crippen molar-refractivity contribution in [1.82, 2.24) is 0 Å². The maximum Gasteiger partial charge on any atom is 0.230 e. The first-order valence-corrected chi connectivity index (χ1v) is 5.19. The van der Waals surface area contributed by atoms with Crippen LogP contribution < -0.4 is 5.32 Å². The number of hydrogen-bond donors (Lipinski definition) is 1. The second kappa shape index (κ2) is 3.65. The first kappa shape index (κ1) is 10.7. The Labute approximate surface area is 96.4 Å². The van der Waals surface area contributed by atoms with Gasteiger partial charge in [-0.3, -0.25) is 4.79 Å². The molecule has 1 aliphatic carbocycles. The third-order valence-electron chi connectivity index (χ3n) is 2.25. The van der Waals surface area contributed by atoms with Gasteiger partial charge in [-0.25, -0.2) is 4.39 Å². The number of halogens is 3. The van der Waals surface area contributed by atoms with Crippen LogP contribution in [0.25, 0.3) is 0 Å². The van der Waals surface area contributed by atoms with Crippen LogP contribution in [0.5, 0.6) is 0 Å². The number of amides is 1. The molecule has 0 aromatic heterocycles. The second-order valence-electron chi connectivity index (χ2n) is 3.51. The van der Waals surface area contributed by atoms with Crippen molar-refractivity contribution in [2.24, 2.45) is 5.92 Å². The van der Waals surface area contributed by atoms with Crippen molar-refractivity contribution >= 4 is 34.8 Å². The Morgan fingerprint density at radius 3 is 2.40 bits per heavy atom. The molecule has 2 rings (SSSR count). The minimum Gasteiger partial charge on any atom is -0.326 e. The van der Waals surface area contributed by atoms with Crippen LogP contribution in [-0.4, -0.2) is 10.2 Å². The summed E-state index contributed by atoms with van der Waals surface area (Å²) >= 11 is 11.5. The number of carbonyl (C=O) groups is 1. The highest BCUT2D eigenvalue weighted by molar-refractivity contribution is 6.52. The summed E-state index contributed by atoms with van der Waals surface area (Å²) in [5.41, 5.74) is 0.539. The van der Waals surface area contributed by atoms with E-state index in [2.05, 4.69) is 5.32 Å². The maximum atomic E-state index is 12.6. The molecule has 0 heterocycles. The molecule has 5 heteroatoms. The van der Waals surface area contributed by atoms with Gasteiger partial charge in [0.15, 0.2) is 0 Å². The zero-order valence-corrected chi connectivity index (χ0v) is 9.15. The topological polar surface area (TPSA) is 29.1 Å². The highest BCUT2D eigenvalue weighted by atomic mass is 35.5. The molecule has 1 saturated carbocycles. The summed E-state index contributed by atoms with van der Waals surface area (Å²) < 4.78 is 11.6. The van der Waals surface area contributed by atoms with Gasteiger partial charge in [0.25, 0.3) is 0 Å². The number of alkyl halides is 2. The fourth-order valence-corrected chi connectivity index (χ4v) is 1.77. The van der Waals surface area contributed by atoms with Crippen molar-refractivity contribution < 1.29 is 9.18 Å². The lowest BCUT2D eigenvalue weighted by atomic mass is 10.3. The highest BCUT2D eigenvalue weighted by Gasteiger charge is 2.56. The molecule has 1 amide bonds. The summed E-state index contributed by atoms with van der Waals surface area (Å²) in [6.45, 7) is 0. The van der Waals surface area contributed by atoms with Crippen molar-refractivity contribution in [3.63, 3.8) is 0 Å². The zero-order chi connectivity index (χ0) is 11.1. The van der Waals surface area contributed by atoms with Gasteiger partial charge in [0.05, 0.1) is 5.92 Å². The molecule has 0 radical (unpaired) electrons. The summed E-state index contributed by atoms with van der Waals surface area (Å²) in [5, 5.41) is 2.61. The SMILES string of the molecule is O=C(Nc1ccc(F)cc1)[C@H]1CC1(Cl)Cl. The fourth-order valence-electron chi connectivity index (χ4n) is 1.26. The molecule has 0 spiro atoms. The van der Waals surface area contributed by atoms with Crippen molar-refractivity contribution in [2.45, 2.75) is 10.8 Å². The first-order valence-electron chi connectivity index (χ1n) is 4.43. The molecular weight excluding hydrogens is 240 g/mol. The fraction of sp³-hybridized carbons (Fsp3) is 0.300. The van der Waals surface area contributed by atoms with Gasteiger partial charge in [0.2, 0.25) is 5.91 Å². The minimum absolute atomic E-state index is 0.230. The third-order valence-corrected chi connectivity index (χ3v) is 3.09. The Morgan fingerprint density at radius 1 is 1.40 bits per heavy atom. The molecule has 15 heavy (non-hydrogen) atoms. The Hall–Kier alpha value is -0.800. The largest absolute Gasteiger partial charge is 0.326 e. The van der Waals surface area contributed by atoms with E-state index in [4.69, 9.17) is 23.2 Å². The van der Waals surface area contributed by atoms with Gasteiger partial charge in [0.1, 0.15) is 10.2 Å². The lowest BCUT2D eigenvalue weighted by Crippen LogP contribution is -2.16. The van der Waals surface area contributed by atoms with Crippen LogP contribution in [0, 0.1) is 11.7 Å². The average molecular weight is 248 g/mol. The smallest absolute Gasteiger partial charge is 0.230 e. The molecule has 1 aromatic rings.